The summed E-state index contributed by atoms with van der Waals surface area (Å²) in [7, 11) is 0. The number of primary amides is 1. The SMILES string of the molecule is NC(=O)c1ccc(Oc2ccc(Br)c(F)c2)c(N)c1. The van der Waals surface area contributed by atoms with E-state index in [1.54, 1.807) is 6.07 Å². The molecule has 6 heteroatoms. The lowest BCUT2D eigenvalue weighted by Crippen LogP contribution is -2.11. The van der Waals surface area contributed by atoms with Crippen LogP contribution in [-0.4, -0.2) is 5.91 Å². The fraction of sp³-hybridized carbons (Fsp3) is 0. The maximum absolute atomic E-state index is 13.3. The minimum atomic E-state index is -0.576. The standard InChI is InChI=1S/C13H10BrFN2O2/c14-9-3-2-8(6-10(9)15)19-12-4-1-7(13(17)18)5-11(12)16/h1-6H,16H2,(H2,17,18). The molecule has 2 rings (SSSR count). The minimum absolute atomic E-state index is 0.250. The number of carbonyl (C=O) groups excluding carboxylic acids is 1. The number of ether oxygens (including phenoxy) is 1. The average molecular weight is 325 g/mol. The minimum Gasteiger partial charge on any atom is -0.455 e. The van der Waals surface area contributed by atoms with Crippen LogP contribution in [0.5, 0.6) is 11.5 Å². The second-order valence-electron chi connectivity index (χ2n) is 3.79. The van der Waals surface area contributed by atoms with Crippen molar-refractivity contribution in [1.82, 2.24) is 0 Å². The highest BCUT2D eigenvalue weighted by Gasteiger charge is 2.08. The number of anilines is 1. The first-order valence-corrected chi connectivity index (χ1v) is 6.09. The zero-order chi connectivity index (χ0) is 14.0. The smallest absolute Gasteiger partial charge is 0.248 e. The van der Waals surface area contributed by atoms with E-state index in [0.29, 0.717) is 16.0 Å². The molecule has 4 N–H and O–H groups in total. The molecule has 98 valence electrons. The van der Waals surface area contributed by atoms with Crippen molar-refractivity contribution < 1.29 is 13.9 Å². The number of benzene rings is 2. The van der Waals surface area contributed by atoms with Crippen molar-refractivity contribution in [3.8, 4) is 11.5 Å². The molecule has 0 saturated carbocycles. The van der Waals surface area contributed by atoms with E-state index >= 15 is 0 Å². The molecule has 0 radical (unpaired) electrons. The van der Waals surface area contributed by atoms with Crippen molar-refractivity contribution in [3.63, 3.8) is 0 Å². The quantitative estimate of drug-likeness (QED) is 0.851. The van der Waals surface area contributed by atoms with Crippen molar-refractivity contribution in [2.75, 3.05) is 5.73 Å². The zero-order valence-electron chi connectivity index (χ0n) is 9.69. The van der Waals surface area contributed by atoms with Gasteiger partial charge in [-0.15, -0.1) is 0 Å². The Morgan fingerprint density at radius 1 is 1.21 bits per heavy atom. The Bertz CT molecular complexity index is 647. The molecule has 0 aliphatic heterocycles. The molecular formula is C13H10BrFN2O2. The van der Waals surface area contributed by atoms with E-state index in [-0.39, 0.29) is 11.3 Å². The topological polar surface area (TPSA) is 78.3 Å². The van der Waals surface area contributed by atoms with Crippen LogP contribution in [0.15, 0.2) is 40.9 Å². The third kappa shape index (κ3) is 3.03. The summed E-state index contributed by atoms with van der Waals surface area (Å²) in [5.41, 5.74) is 11.4. The second-order valence-corrected chi connectivity index (χ2v) is 4.65. The average Bonchev–Trinajstić information content (AvgIpc) is 2.36. The number of amides is 1. The van der Waals surface area contributed by atoms with E-state index in [9.17, 15) is 9.18 Å². The molecule has 0 spiro atoms. The molecule has 2 aromatic carbocycles. The Balaban J connectivity index is 2.28. The van der Waals surface area contributed by atoms with Crippen LogP contribution in [0.2, 0.25) is 0 Å². The summed E-state index contributed by atoms with van der Waals surface area (Å²) in [4.78, 5) is 11.0. The molecule has 4 nitrogen and oxygen atoms in total. The fourth-order valence-electron chi connectivity index (χ4n) is 1.46. The van der Waals surface area contributed by atoms with Gasteiger partial charge in [0.05, 0.1) is 10.2 Å². The summed E-state index contributed by atoms with van der Waals surface area (Å²) in [5.74, 6) is -0.385. The molecule has 0 saturated heterocycles. The molecule has 0 aliphatic rings. The van der Waals surface area contributed by atoms with Crippen LogP contribution in [0, 0.1) is 5.82 Å². The Hall–Kier alpha value is -2.08. The summed E-state index contributed by atoms with van der Waals surface area (Å²) in [6.07, 6.45) is 0. The van der Waals surface area contributed by atoms with Gasteiger partial charge in [0.1, 0.15) is 17.3 Å². The largest absolute Gasteiger partial charge is 0.455 e. The monoisotopic (exact) mass is 324 g/mol. The highest BCUT2D eigenvalue weighted by Crippen LogP contribution is 2.30. The van der Waals surface area contributed by atoms with E-state index in [1.807, 2.05) is 0 Å². The summed E-state index contributed by atoms with van der Waals surface area (Å²) in [6, 6.07) is 8.75. The third-order valence-electron chi connectivity index (χ3n) is 2.41. The van der Waals surface area contributed by atoms with Crippen LogP contribution in [0.25, 0.3) is 0 Å². The van der Waals surface area contributed by atoms with E-state index < -0.39 is 11.7 Å². The number of carbonyl (C=O) groups is 1. The van der Waals surface area contributed by atoms with Crippen molar-refractivity contribution in [3.05, 3.63) is 52.3 Å². The summed E-state index contributed by atoms with van der Waals surface area (Å²) < 4.78 is 19.1. The van der Waals surface area contributed by atoms with Gasteiger partial charge in [0.25, 0.3) is 0 Å². The first kappa shape index (κ1) is 13.4. The number of hydrogen-bond acceptors (Lipinski definition) is 3. The summed E-state index contributed by atoms with van der Waals surface area (Å²) >= 11 is 3.05. The van der Waals surface area contributed by atoms with Crippen LogP contribution in [0.1, 0.15) is 10.4 Å². The number of rotatable bonds is 3. The van der Waals surface area contributed by atoms with Gasteiger partial charge >= 0.3 is 0 Å². The molecule has 19 heavy (non-hydrogen) atoms. The van der Waals surface area contributed by atoms with Gasteiger partial charge in [-0.05, 0) is 46.3 Å². The zero-order valence-corrected chi connectivity index (χ0v) is 11.3. The highest BCUT2D eigenvalue weighted by molar-refractivity contribution is 9.10. The molecule has 1 amide bonds. The molecule has 0 heterocycles. The van der Waals surface area contributed by atoms with Gasteiger partial charge in [0, 0.05) is 11.6 Å². The van der Waals surface area contributed by atoms with E-state index in [0.717, 1.165) is 0 Å². The van der Waals surface area contributed by atoms with Crippen molar-refractivity contribution in [2.24, 2.45) is 5.73 Å². The van der Waals surface area contributed by atoms with Gasteiger partial charge in [-0.2, -0.15) is 0 Å². The lowest BCUT2D eigenvalue weighted by molar-refractivity contribution is 0.100. The number of halogens is 2. The second kappa shape index (κ2) is 5.27. The summed E-state index contributed by atoms with van der Waals surface area (Å²) in [5, 5.41) is 0. The van der Waals surface area contributed by atoms with Gasteiger partial charge < -0.3 is 16.2 Å². The van der Waals surface area contributed by atoms with Crippen LogP contribution in [0.4, 0.5) is 10.1 Å². The first-order valence-electron chi connectivity index (χ1n) is 5.29. The van der Waals surface area contributed by atoms with Crippen molar-refractivity contribution in [2.45, 2.75) is 0 Å². The molecule has 0 bridgehead atoms. The van der Waals surface area contributed by atoms with E-state index in [4.69, 9.17) is 16.2 Å². The van der Waals surface area contributed by atoms with Crippen LogP contribution in [0.3, 0.4) is 0 Å². The van der Waals surface area contributed by atoms with Crippen LogP contribution >= 0.6 is 15.9 Å². The number of hydrogen-bond donors (Lipinski definition) is 2. The lowest BCUT2D eigenvalue weighted by Gasteiger charge is -2.09. The number of nitrogens with two attached hydrogens (primary N) is 2. The van der Waals surface area contributed by atoms with Crippen LogP contribution in [-0.2, 0) is 0 Å². The Morgan fingerprint density at radius 2 is 1.95 bits per heavy atom. The van der Waals surface area contributed by atoms with E-state index in [1.165, 1.54) is 30.3 Å². The Labute approximate surface area is 117 Å². The van der Waals surface area contributed by atoms with E-state index in [2.05, 4.69) is 15.9 Å². The van der Waals surface area contributed by atoms with Gasteiger partial charge in [-0.1, -0.05) is 0 Å². The predicted octanol–water partition coefficient (Wildman–Crippen LogP) is 3.06. The normalized spacial score (nSPS) is 10.2. The molecule has 0 atom stereocenters. The molecular weight excluding hydrogens is 315 g/mol. The Morgan fingerprint density at radius 3 is 2.53 bits per heavy atom. The van der Waals surface area contributed by atoms with Crippen molar-refractivity contribution in [1.29, 1.82) is 0 Å². The molecule has 0 unspecified atom stereocenters. The highest BCUT2D eigenvalue weighted by atomic mass is 79.9. The lowest BCUT2D eigenvalue weighted by atomic mass is 10.2. The fourth-order valence-corrected chi connectivity index (χ4v) is 1.71. The van der Waals surface area contributed by atoms with Crippen LogP contribution < -0.4 is 16.2 Å². The molecule has 0 fully saturated rings. The molecule has 2 aromatic rings. The van der Waals surface area contributed by atoms with Gasteiger partial charge in [0.2, 0.25) is 5.91 Å². The third-order valence-corrected chi connectivity index (χ3v) is 3.06. The molecule has 0 aromatic heterocycles. The Kier molecular flexibility index (Phi) is 3.71. The predicted molar refractivity (Wildman–Crippen MR) is 73.5 cm³/mol. The maximum atomic E-state index is 13.3. The maximum Gasteiger partial charge on any atom is 0.248 e. The summed E-state index contributed by atoms with van der Waals surface area (Å²) in [6.45, 7) is 0. The van der Waals surface area contributed by atoms with Gasteiger partial charge in [0.15, 0.2) is 0 Å². The first-order chi connectivity index (χ1) is 8.97. The number of nitrogen functional groups attached to an aromatic ring is 1. The van der Waals surface area contributed by atoms with Gasteiger partial charge in [-0.25, -0.2) is 4.39 Å². The van der Waals surface area contributed by atoms with Crippen molar-refractivity contribution >= 4 is 27.5 Å². The molecule has 0 aliphatic carbocycles. The van der Waals surface area contributed by atoms with Gasteiger partial charge in [-0.3, -0.25) is 4.79 Å².